The number of aromatic amines is 1. The summed E-state index contributed by atoms with van der Waals surface area (Å²) >= 11 is 0. The third-order valence-electron chi connectivity index (χ3n) is 4.62. The van der Waals surface area contributed by atoms with Crippen molar-refractivity contribution in [2.24, 2.45) is 0 Å². The number of likely N-dealkylation sites (tertiary alicyclic amines) is 1. The zero-order valence-electron chi connectivity index (χ0n) is 14.3. The number of nitrogens with one attached hydrogen (secondary N) is 1. The Morgan fingerprint density at radius 1 is 1.42 bits per heavy atom. The molecule has 3 aromatic rings. The minimum atomic E-state index is -0.162. The fourth-order valence-corrected chi connectivity index (χ4v) is 3.26. The molecule has 0 unspecified atom stereocenters. The van der Waals surface area contributed by atoms with E-state index in [1.807, 2.05) is 12.1 Å². The van der Waals surface area contributed by atoms with Crippen LogP contribution in [0.4, 0.5) is 0 Å². The molecule has 1 aliphatic heterocycles. The Morgan fingerprint density at radius 3 is 3.08 bits per heavy atom. The van der Waals surface area contributed by atoms with Gasteiger partial charge in [0.2, 0.25) is 5.91 Å². The maximum absolute atomic E-state index is 12.8. The van der Waals surface area contributed by atoms with Gasteiger partial charge >= 0.3 is 0 Å². The van der Waals surface area contributed by atoms with Gasteiger partial charge in [0.25, 0.3) is 0 Å². The summed E-state index contributed by atoms with van der Waals surface area (Å²) in [6.45, 7) is 0.529. The molecule has 134 valence electrons. The molecule has 1 saturated heterocycles. The summed E-state index contributed by atoms with van der Waals surface area (Å²) in [7, 11) is 1.66. The van der Waals surface area contributed by atoms with Crippen LogP contribution in [0.5, 0.6) is 0 Å². The van der Waals surface area contributed by atoms with E-state index in [4.69, 9.17) is 9.26 Å². The Kier molecular flexibility index (Phi) is 4.49. The van der Waals surface area contributed by atoms with Gasteiger partial charge in [-0.3, -0.25) is 9.78 Å². The van der Waals surface area contributed by atoms with Gasteiger partial charge in [-0.1, -0.05) is 5.16 Å². The normalized spacial score (nSPS) is 19.8. The van der Waals surface area contributed by atoms with Crippen LogP contribution in [0.3, 0.4) is 0 Å². The van der Waals surface area contributed by atoms with E-state index in [1.54, 1.807) is 36.7 Å². The first kappa shape index (κ1) is 16.5. The van der Waals surface area contributed by atoms with Crippen LogP contribution in [0.15, 0.2) is 47.6 Å². The van der Waals surface area contributed by atoms with Crippen LogP contribution in [0.25, 0.3) is 11.3 Å². The lowest BCUT2D eigenvalue weighted by Gasteiger charge is -2.22. The van der Waals surface area contributed by atoms with Crippen molar-refractivity contribution in [1.82, 2.24) is 25.0 Å². The van der Waals surface area contributed by atoms with Gasteiger partial charge in [0.05, 0.1) is 36.2 Å². The molecule has 8 heteroatoms. The predicted octanol–water partition coefficient (Wildman–Crippen LogP) is 1.99. The van der Waals surface area contributed by atoms with E-state index in [1.165, 1.54) is 6.26 Å². The molecule has 0 radical (unpaired) electrons. The number of carbonyl (C=O) groups excluding carboxylic acids is 1. The van der Waals surface area contributed by atoms with Gasteiger partial charge in [-0.05, 0) is 12.1 Å². The summed E-state index contributed by atoms with van der Waals surface area (Å²) in [5.74, 6) is 0.722. The standard InChI is InChI=1S/C18H19N5O3/c1-25-14-8-16(23(11-14)17(24)7-13-4-6-26-22-13)18-20-10-15(21-18)12-3-2-5-19-9-12/h2-6,9-10,14,16H,7-8,11H2,1H3,(H,20,21)/t14-,16+/m1/s1. The number of hydrogen-bond donors (Lipinski definition) is 1. The molecule has 0 aromatic carbocycles. The van der Waals surface area contributed by atoms with Gasteiger partial charge in [0, 0.05) is 44.1 Å². The third-order valence-corrected chi connectivity index (χ3v) is 4.62. The van der Waals surface area contributed by atoms with E-state index in [0.29, 0.717) is 18.7 Å². The lowest BCUT2D eigenvalue weighted by atomic mass is 10.1. The van der Waals surface area contributed by atoms with Gasteiger partial charge in [0.1, 0.15) is 12.1 Å². The van der Waals surface area contributed by atoms with E-state index < -0.39 is 0 Å². The minimum absolute atomic E-state index is 0.0202. The van der Waals surface area contributed by atoms with Crippen molar-refractivity contribution in [3.8, 4) is 11.3 Å². The van der Waals surface area contributed by atoms with E-state index in [9.17, 15) is 4.79 Å². The molecule has 8 nitrogen and oxygen atoms in total. The van der Waals surface area contributed by atoms with E-state index in [2.05, 4.69) is 20.1 Å². The molecule has 4 rings (SSSR count). The molecule has 3 aromatic heterocycles. The van der Waals surface area contributed by atoms with Crippen molar-refractivity contribution in [2.45, 2.75) is 25.0 Å². The lowest BCUT2D eigenvalue weighted by Crippen LogP contribution is -2.33. The Morgan fingerprint density at radius 2 is 2.35 bits per heavy atom. The maximum atomic E-state index is 12.8. The Labute approximate surface area is 150 Å². The number of methoxy groups -OCH3 is 1. The number of hydrogen-bond acceptors (Lipinski definition) is 6. The van der Waals surface area contributed by atoms with Gasteiger partial charge in [-0.2, -0.15) is 0 Å². The molecule has 0 aliphatic carbocycles. The largest absolute Gasteiger partial charge is 0.380 e. The molecule has 26 heavy (non-hydrogen) atoms. The van der Waals surface area contributed by atoms with Crippen LogP contribution in [0.2, 0.25) is 0 Å². The Balaban J connectivity index is 1.57. The van der Waals surface area contributed by atoms with Crippen LogP contribution in [-0.4, -0.2) is 50.7 Å². The summed E-state index contributed by atoms with van der Waals surface area (Å²) < 4.78 is 10.3. The molecule has 2 atom stereocenters. The fraction of sp³-hybridized carbons (Fsp3) is 0.333. The van der Waals surface area contributed by atoms with Crippen LogP contribution in [0.1, 0.15) is 24.0 Å². The molecular weight excluding hydrogens is 334 g/mol. The molecule has 0 bridgehead atoms. The summed E-state index contributed by atoms with van der Waals surface area (Å²) in [5, 5.41) is 3.82. The number of nitrogens with zero attached hydrogens (tertiary/aromatic N) is 4. The molecule has 0 spiro atoms. The molecule has 1 N–H and O–H groups in total. The van der Waals surface area contributed by atoms with Crippen molar-refractivity contribution in [3.63, 3.8) is 0 Å². The smallest absolute Gasteiger partial charge is 0.229 e. The number of ether oxygens (including phenoxy) is 1. The highest BCUT2D eigenvalue weighted by atomic mass is 16.5. The second kappa shape index (κ2) is 7.09. The first-order chi connectivity index (χ1) is 12.7. The second-order valence-corrected chi connectivity index (χ2v) is 6.25. The summed E-state index contributed by atoms with van der Waals surface area (Å²) in [6, 6.07) is 5.37. The van der Waals surface area contributed by atoms with Crippen LogP contribution >= 0.6 is 0 Å². The van der Waals surface area contributed by atoms with Gasteiger partial charge in [0.15, 0.2) is 0 Å². The van der Waals surface area contributed by atoms with Crippen LogP contribution in [0, 0.1) is 0 Å². The van der Waals surface area contributed by atoms with Crippen molar-refractivity contribution < 1.29 is 14.1 Å². The third kappa shape index (κ3) is 3.23. The number of pyridine rings is 1. The van der Waals surface area contributed by atoms with Crippen molar-refractivity contribution in [3.05, 3.63) is 54.6 Å². The molecule has 1 aliphatic rings. The van der Waals surface area contributed by atoms with Crippen molar-refractivity contribution in [2.75, 3.05) is 13.7 Å². The number of carbonyl (C=O) groups is 1. The number of rotatable bonds is 5. The molecular formula is C18H19N5O3. The highest BCUT2D eigenvalue weighted by Crippen LogP contribution is 2.33. The monoisotopic (exact) mass is 353 g/mol. The zero-order valence-corrected chi connectivity index (χ0v) is 14.3. The van der Waals surface area contributed by atoms with Crippen LogP contribution < -0.4 is 0 Å². The number of imidazole rings is 1. The van der Waals surface area contributed by atoms with Crippen molar-refractivity contribution >= 4 is 5.91 Å². The highest BCUT2D eigenvalue weighted by Gasteiger charge is 2.38. The Hall–Kier alpha value is -3.00. The maximum Gasteiger partial charge on any atom is 0.229 e. The number of aromatic nitrogens is 4. The Bertz CT molecular complexity index is 862. The first-order valence-electron chi connectivity index (χ1n) is 8.41. The summed E-state index contributed by atoms with van der Waals surface area (Å²) in [5.41, 5.74) is 2.44. The molecule has 1 fully saturated rings. The summed E-state index contributed by atoms with van der Waals surface area (Å²) in [4.78, 5) is 26.5. The number of H-pyrrole nitrogens is 1. The van der Waals surface area contributed by atoms with E-state index >= 15 is 0 Å². The SMILES string of the molecule is CO[C@@H]1C[C@@H](c2ncc(-c3cccnc3)[nH]2)N(C(=O)Cc2ccon2)C1. The van der Waals surface area contributed by atoms with Gasteiger partial charge in [-0.15, -0.1) is 0 Å². The van der Waals surface area contributed by atoms with Crippen molar-refractivity contribution in [1.29, 1.82) is 0 Å². The topological polar surface area (TPSA) is 97.1 Å². The number of amides is 1. The van der Waals surface area contributed by atoms with E-state index in [0.717, 1.165) is 17.1 Å². The first-order valence-corrected chi connectivity index (χ1v) is 8.41. The van der Waals surface area contributed by atoms with Gasteiger partial charge < -0.3 is 19.1 Å². The second-order valence-electron chi connectivity index (χ2n) is 6.25. The molecule has 1 amide bonds. The fourth-order valence-electron chi connectivity index (χ4n) is 3.26. The van der Waals surface area contributed by atoms with Crippen LogP contribution in [-0.2, 0) is 16.0 Å². The summed E-state index contributed by atoms with van der Waals surface area (Å²) in [6.07, 6.45) is 7.61. The van der Waals surface area contributed by atoms with E-state index in [-0.39, 0.29) is 24.5 Å². The average Bonchev–Trinajstić information content (AvgIpc) is 3.42. The quantitative estimate of drug-likeness (QED) is 0.753. The molecule has 4 heterocycles. The predicted molar refractivity (Wildman–Crippen MR) is 91.9 cm³/mol. The average molecular weight is 353 g/mol. The lowest BCUT2D eigenvalue weighted by molar-refractivity contribution is -0.132. The highest BCUT2D eigenvalue weighted by molar-refractivity contribution is 5.79. The van der Waals surface area contributed by atoms with Gasteiger partial charge in [-0.25, -0.2) is 4.98 Å². The molecule has 0 saturated carbocycles. The minimum Gasteiger partial charge on any atom is -0.380 e. The zero-order chi connectivity index (χ0) is 17.9.